The van der Waals surface area contributed by atoms with E-state index in [1.807, 2.05) is 0 Å². The number of nitrogens with zero attached hydrogens (tertiary/aromatic N) is 3. The van der Waals surface area contributed by atoms with Crippen LogP contribution >= 0.6 is 0 Å². The second-order valence-corrected chi connectivity index (χ2v) is 9.24. The van der Waals surface area contributed by atoms with Crippen molar-refractivity contribution in [2.75, 3.05) is 6.54 Å². The average Bonchev–Trinajstić information content (AvgIpc) is 2.15. The molecule has 0 fully saturated rings. The molecule has 0 aliphatic rings. The Bertz CT molecular complexity index is 227. The molecule has 0 saturated heterocycles. The van der Waals surface area contributed by atoms with Crippen molar-refractivity contribution in [2.45, 2.75) is 58.4 Å². The van der Waals surface area contributed by atoms with E-state index in [9.17, 15) is 0 Å². The van der Waals surface area contributed by atoms with Gasteiger partial charge in [-0.05, 0) is 44.4 Å². The first-order valence-electron chi connectivity index (χ1n) is 5.60. The summed E-state index contributed by atoms with van der Waals surface area (Å²) in [4.78, 5) is 2.78. The van der Waals surface area contributed by atoms with Crippen LogP contribution in [0.4, 0.5) is 0 Å². The molecule has 0 spiro atoms. The molecule has 0 amide bonds. The molecule has 0 aromatic carbocycles. The first-order valence-corrected chi connectivity index (χ1v) is 9.01. The van der Waals surface area contributed by atoms with Crippen LogP contribution in [0.25, 0.3) is 10.4 Å². The van der Waals surface area contributed by atoms with Crippen LogP contribution in [0.2, 0.25) is 19.6 Å². The van der Waals surface area contributed by atoms with E-state index in [2.05, 4.69) is 43.5 Å². The maximum atomic E-state index is 8.27. The zero-order valence-corrected chi connectivity index (χ0v) is 11.6. The molecule has 0 atom stereocenters. The summed E-state index contributed by atoms with van der Waals surface area (Å²) in [7, 11) is -1.53. The zero-order valence-electron chi connectivity index (χ0n) is 10.6. The minimum absolute atomic E-state index is 0.0847. The molecule has 0 radical (unpaired) electrons. The zero-order chi connectivity index (χ0) is 11.9. The van der Waals surface area contributed by atoms with Gasteiger partial charge in [0, 0.05) is 11.5 Å². The lowest BCUT2D eigenvalue weighted by Gasteiger charge is -2.38. The Morgan fingerprint density at radius 2 is 1.80 bits per heavy atom. The van der Waals surface area contributed by atoms with Crippen LogP contribution in [0, 0.1) is 0 Å². The van der Waals surface area contributed by atoms with Gasteiger partial charge in [-0.2, -0.15) is 0 Å². The van der Waals surface area contributed by atoms with Crippen LogP contribution in [0.1, 0.15) is 33.1 Å². The molecular formula is C10H23N3OSi. The van der Waals surface area contributed by atoms with Crippen molar-refractivity contribution in [2.24, 2.45) is 5.11 Å². The van der Waals surface area contributed by atoms with Gasteiger partial charge < -0.3 is 4.43 Å². The number of azide groups is 1. The molecule has 88 valence electrons. The van der Waals surface area contributed by atoms with Crippen molar-refractivity contribution in [1.82, 2.24) is 0 Å². The average molecular weight is 229 g/mol. The van der Waals surface area contributed by atoms with Crippen LogP contribution in [-0.4, -0.2) is 20.5 Å². The number of hydrogen-bond acceptors (Lipinski definition) is 2. The second kappa shape index (κ2) is 6.15. The summed E-state index contributed by atoms with van der Waals surface area (Å²) < 4.78 is 6.23. The molecule has 0 unspecified atom stereocenters. The van der Waals surface area contributed by atoms with Gasteiger partial charge in [-0.3, -0.25) is 0 Å². The lowest BCUT2D eigenvalue weighted by Crippen LogP contribution is -2.42. The standard InChI is InChI=1S/C10H23N3OSi/c1-6-10(7-2,8-9-12-13-11)14-15(3,4)5/h6-9H2,1-5H3. The van der Waals surface area contributed by atoms with Gasteiger partial charge in [-0.1, -0.05) is 19.0 Å². The summed E-state index contributed by atoms with van der Waals surface area (Å²) in [6.45, 7) is 11.4. The quantitative estimate of drug-likeness (QED) is 0.280. The van der Waals surface area contributed by atoms with Crippen LogP contribution in [0.5, 0.6) is 0 Å². The van der Waals surface area contributed by atoms with Crippen molar-refractivity contribution in [3.05, 3.63) is 10.4 Å². The third kappa shape index (κ3) is 5.82. The predicted molar refractivity (Wildman–Crippen MR) is 66.4 cm³/mol. The summed E-state index contributed by atoms with van der Waals surface area (Å²) >= 11 is 0. The third-order valence-electron chi connectivity index (χ3n) is 2.54. The van der Waals surface area contributed by atoms with Crippen LogP contribution in [0.15, 0.2) is 5.11 Å². The fourth-order valence-corrected chi connectivity index (χ4v) is 3.44. The molecule has 5 heteroatoms. The topological polar surface area (TPSA) is 58.0 Å². The van der Waals surface area contributed by atoms with Gasteiger partial charge in [0.2, 0.25) is 0 Å². The molecule has 0 rings (SSSR count). The molecule has 4 nitrogen and oxygen atoms in total. The fraction of sp³-hybridized carbons (Fsp3) is 1.00. The number of hydrogen-bond donors (Lipinski definition) is 0. The highest BCUT2D eigenvalue weighted by Crippen LogP contribution is 2.28. The Morgan fingerprint density at radius 1 is 1.27 bits per heavy atom. The van der Waals surface area contributed by atoms with Crippen LogP contribution in [0.3, 0.4) is 0 Å². The maximum absolute atomic E-state index is 8.27. The lowest BCUT2D eigenvalue weighted by atomic mass is 9.94. The molecular weight excluding hydrogens is 206 g/mol. The summed E-state index contributed by atoms with van der Waals surface area (Å²) in [6, 6.07) is 0. The largest absolute Gasteiger partial charge is 0.412 e. The number of rotatable bonds is 7. The molecule has 0 saturated carbocycles. The van der Waals surface area contributed by atoms with Crippen molar-refractivity contribution in [3.8, 4) is 0 Å². The summed E-state index contributed by atoms with van der Waals surface area (Å²) in [6.07, 6.45) is 2.79. The molecule has 0 aromatic rings. The van der Waals surface area contributed by atoms with E-state index < -0.39 is 8.32 Å². The second-order valence-electron chi connectivity index (χ2n) is 4.81. The Kier molecular flexibility index (Phi) is 5.94. The summed E-state index contributed by atoms with van der Waals surface area (Å²) in [5.41, 5.74) is 8.18. The van der Waals surface area contributed by atoms with E-state index in [0.717, 1.165) is 19.3 Å². The smallest absolute Gasteiger partial charge is 0.184 e. The summed E-state index contributed by atoms with van der Waals surface area (Å²) in [5, 5.41) is 3.60. The minimum Gasteiger partial charge on any atom is -0.412 e. The first-order chi connectivity index (χ1) is 6.89. The van der Waals surface area contributed by atoms with Crippen molar-refractivity contribution in [3.63, 3.8) is 0 Å². The van der Waals surface area contributed by atoms with Gasteiger partial charge in [-0.25, -0.2) is 0 Å². The van der Waals surface area contributed by atoms with Gasteiger partial charge in [0.15, 0.2) is 8.32 Å². The molecule has 0 aromatic heterocycles. The maximum Gasteiger partial charge on any atom is 0.184 e. The molecule has 0 aliphatic carbocycles. The van der Waals surface area contributed by atoms with E-state index in [1.54, 1.807) is 0 Å². The van der Waals surface area contributed by atoms with Crippen molar-refractivity contribution < 1.29 is 4.43 Å². The van der Waals surface area contributed by atoms with Gasteiger partial charge >= 0.3 is 0 Å². The SMILES string of the molecule is CCC(CC)(CCN=[N+]=[N-])O[Si](C)(C)C. The third-order valence-corrected chi connectivity index (χ3v) is 3.59. The molecule has 0 heterocycles. The van der Waals surface area contributed by atoms with Crippen LogP contribution < -0.4 is 0 Å². The monoisotopic (exact) mass is 229 g/mol. The van der Waals surface area contributed by atoms with Gasteiger partial charge in [0.1, 0.15) is 0 Å². The highest BCUT2D eigenvalue weighted by atomic mass is 28.4. The normalized spacial score (nSPS) is 12.3. The first kappa shape index (κ1) is 14.5. The summed E-state index contributed by atoms with van der Waals surface area (Å²) in [5.74, 6) is 0. The van der Waals surface area contributed by atoms with Crippen LogP contribution in [-0.2, 0) is 4.43 Å². The highest BCUT2D eigenvalue weighted by molar-refractivity contribution is 6.69. The van der Waals surface area contributed by atoms with Gasteiger partial charge in [-0.15, -0.1) is 0 Å². The Labute approximate surface area is 93.8 Å². The van der Waals surface area contributed by atoms with Gasteiger partial charge in [0.05, 0.1) is 5.60 Å². The Morgan fingerprint density at radius 3 is 2.13 bits per heavy atom. The molecule has 0 bridgehead atoms. The molecule has 0 N–H and O–H groups in total. The van der Waals surface area contributed by atoms with Crippen molar-refractivity contribution >= 4 is 8.32 Å². The fourth-order valence-electron chi connectivity index (χ4n) is 1.75. The van der Waals surface area contributed by atoms with Crippen molar-refractivity contribution in [1.29, 1.82) is 0 Å². The van der Waals surface area contributed by atoms with Gasteiger partial charge in [0.25, 0.3) is 0 Å². The Hall–Kier alpha value is -0.513. The lowest BCUT2D eigenvalue weighted by molar-refractivity contribution is 0.0456. The van der Waals surface area contributed by atoms with E-state index >= 15 is 0 Å². The molecule has 15 heavy (non-hydrogen) atoms. The Balaban J connectivity index is 4.49. The predicted octanol–water partition coefficient (Wildman–Crippen LogP) is 4.10. The van der Waals surface area contributed by atoms with E-state index in [4.69, 9.17) is 9.96 Å². The minimum atomic E-state index is -1.53. The van der Waals surface area contributed by atoms with E-state index in [-0.39, 0.29) is 5.60 Å². The highest BCUT2D eigenvalue weighted by Gasteiger charge is 2.32. The molecule has 0 aliphatic heterocycles. The van der Waals surface area contributed by atoms with E-state index in [1.165, 1.54) is 0 Å². The van der Waals surface area contributed by atoms with E-state index in [0.29, 0.717) is 6.54 Å².